The summed E-state index contributed by atoms with van der Waals surface area (Å²) in [6.07, 6.45) is 7.73. The Morgan fingerprint density at radius 3 is 2.50 bits per heavy atom. The average molecular weight is 372 g/mol. The van der Waals surface area contributed by atoms with Crippen molar-refractivity contribution < 1.29 is 14.7 Å². The highest BCUT2D eigenvalue weighted by Crippen LogP contribution is 2.21. The first kappa shape index (κ1) is 19.7. The van der Waals surface area contributed by atoms with E-state index in [9.17, 15) is 9.59 Å². The number of carboxylic acids is 1. The summed E-state index contributed by atoms with van der Waals surface area (Å²) in [5.41, 5.74) is 2.35. The van der Waals surface area contributed by atoms with Gasteiger partial charge in [-0.15, -0.1) is 0 Å². The molecule has 1 amide bonds. The zero-order chi connectivity index (χ0) is 18.9. The van der Waals surface area contributed by atoms with Crippen LogP contribution < -0.4 is 5.32 Å². The van der Waals surface area contributed by atoms with Gasteiger partial charge in [-0.05, 0) is 48.2 Å². The number of unbranched alkanes of at least 4 members (excludes halogenated alkanes) is 2. The first-order valence-corrected chi connectivity index (χ1v) is 8.98. The Bertz CT molecular complexity index is 797. The lowest BCUT2D eigenvalue weighted by Crippen LogP contribution is -2.12. The summed E-state index contributed by atoms with van der Waals surface area (Å²) in [6.45, 7) is 2.18. The number of anilines is 1. The van der Waals surface area contributed by atoms with Gasteiger partial charge in [0.1, 0.15) is 0 Å². The molecule has 0 fully saturated rings. The Balaban J connectivity index is 1.99. The van der Waals surface area contributed by atoms with E-state index in [-0.39, 0.29) is 11.3 Å². The van der Waals surface area contributed by atoms with Crippen molar-refractivity contribution in [3.05, 3.63) is 70.3 Å². The maximum atomic E-state index is 12.1. The molecule has 0 atom stereocenters. The minimum atomic E-state index is -1.13. The van der Waals surface area contributed by atoms with Gasteiger partial charge in [0, 0.05) is 11.1 Å². The third-order valence-electron chi connectivity index (χ3n) is 3.95. The van der Waals surface area contributed by atoms with Crippen LogP contribution in [0.25, 0.3) is 6.08 Å². The zero-order valence-corrected chi connectivity index (χ0v) is 15.4. The van der Waals surface area contributed by atoms with Crippen molar-refractivity contribution in [3.63, 3.8) is 0 Å². The molecule has 5 heteroatoms. The molecule has 136 valence electrons. The number of nitrogens with one attached hydrogen (secondary N) is 1. The Morgan fingerprint density at radius 2 is 1.85 bits per heavy atom. The minimum Gasteiger partial charge on any atom is -0.478 e. The van der Waals surface area contributed by atoms with Gasteiger partial charge in [0.2, 0.25) is 5.91 Å². The van der Waals surface area contributed by atoms with E-state index in [0.717, 1.165) is 12.0 Å². The van der Waals surface area contributed by atoms with Crippen molar-refractivity contribution in [2.45, 2.75) is 32.6 Å². The van der Waals surface area contributed by atoms with Crippen LogP contribution in [-0.2, 0) is 11.2 Å². The molecule has 0 unspecified atom stereocenters. The minimum absolute atomic E-state index is 0.00687. The van der Waals surface area contributed by atoms with Crippen LogP contribution in [0, 0.1) is 0 Å². The van der Waals surface area contributed by atoms with Crippen molar-refractivity contribution >= 4 is 35.2 Å². The number of hydrogen-bond acceptors (Lipinski definition) is 2. The number of benzene rings is 2. The summed E-state index contributed by atoms with van der Waals surface area (Å²) in [7, 11) is 0. The lowest BCUT2D eigenvalue weighted by Gasteiger charge is -2.07. The van der Waals surface area contributed by atoms with Crippen LogP contribution in [0.3, 0.4) is 0 Å². The molecule has 0 aliphatic carbocycles. The third-order valence-corrected chi connectivity index (χ3v) is 4.18. The Hall–Kier alpha value is -2.59. The molecule has 26 heavy (non-hydrogen) atoms. The quantitative estimate of drug-likeness (QED) is 0.480. The molecule has 0 bridgehead atoms. The fourth-order valence-electron chi connectivity index (χ4n) is 2.53. The molecular formula is C21H22ClNO3. The second-order valence-corrected chi connectivity index (χ2v) is 6.45. The van der Waals surface area contributed by atoms with E-state index in [0.29, 0.717) is 5.02 Å². The molecule has 4 nitrogen and oxygen atoms in total. The van der Waals surface area contributed by atoms with Crippen LogP contribution in [0.5, 0.6) is 0 Å². The van der Waals surface area contributed by atoms with Crippen molar-refractivity contribution in [3.8, 4) is 0 Å². The molecule has 2 rings (SSSR count). The van der Waals surface area contributed by atoms with Crippen molar-refractivity contribution in [1.29, 1.82) is 0 Å². The highest BCUT2D eigenvalue weighted by Gasteiger charge is 2.11. The van der Waals surface area contributed by atoms with Gasteiger partial charge in [0.15, 0.2) is 0 Å². The molecule has 0 aliphatic heterocycles. The predicted octanol–water partition coefficient (Wildman–Crippen LogP) is 5.42. The lowest BCUT2D eigenvalue weighted by molar-refractivity contribution is -0.111. The van der Waals surface area contributed by atoms with Crippen LogP contribution in [0.15, 0.2) is 48.5 Å². The zero-order valence-electron chi connectivity index (χ0n) is 14.7. The van der Waals surface area contributed by atoms with Gasteiger partial charge < -0.3 is 10.4 Å². The molecule has 2 N–H and O–H groups in total. The van der Waals surface area contributed by atoms with Gasteiger partial charge in [0.05, 0.1) is 11.3 Å². The summed E-state index contributed by atoms with van der Waals surface area (Å²) in [4.78, 5) is 23.3. The molecule has 2 aromatic rings. The van der Waals surface area contributed by atoms with Crippen LogP contribution >= 0.6 is 11.6 Å². The molecule has 0 radical (unpaired) electrons. The molecule has 0 spiro atoms. The van der Waals surface area contributed by atoms with E-state index in [1.54, 1.807) is 6.08 Å². The summed E-state index contributed by atoms with van der Waals surface area (Å²) in [5.74, 6) is -1.54. The summed E-state index contributed by atoms with van der Waals surface area (Å²) in [6, 6.07) is 12.3. The van der Waals surface area contributed by atoms with Gasteiger partial charge in [0.25, 0.3) is 0 Å². The van der Waals surface area contributed by atoms with Gasteiger partial charge in [-0.25, -0.2) is 4.79 Å². The van der Waals surface area contributed by atoms with E-state index in [2.05, 4.69) is 24.4 Å². The van der Waals surface area contributed by atoms with Crippen molar-refractivity contribution in [1.82, 2.24) is 0 Å². The lowest BCUT2D eigenvalue weighted by atomic mass is 10.1. The second kappa shape index (κ2) is 9.78. The van der Waals surface area contributed by atoms with Gasteiger partial charge in [-0.2, -0.15) is 0 Å². The number of carbonyl (C=O) groups excluding carboxylic acids is 1. The topological polar surface area (TPSA) is 66.4 Å². The smallest absolute Gasteiger partial charge is 0.337 e. The standard InChI is InChI=1S/C21H22ClNO3/c1-2-3-4-5-15-6-8-16(9-7-15)10-13-20(24)23-19-14-17(22)11-12-18(19)21(25)26/h6-14H,2-5H2,1H3,(H,23,24)(H,25,26)/b13-10+. The van der Waals surface area contributed by atoms with Crippen LogP contribution in [0.1, 0.15) is 47.7 Å². The normalized spacial score (nSPS) is 10.8. The van der Waals surface area contributed by atoms with Crippen LogP contribution in [0.2, 0.25) is 5.02 Å². The molecule has 2 aromatic carbocycles. The number of halogens is 1. The number of aryl methyl sites for hydroxylation is 1. The Kier molecular flexibility index (Phi) is 7.42. The first-order chi connectivity index (χ1) is 12.5. The summed E-state index contributed by atoms with van der Waals surface area (Å²) < 4.78 is 0. The molecular weight excluding hydrogens is 350 g/mol. The Morgan fingerprint density at radius 1 is 1.12 bits per heavy atom. The average Bonchev–Trinajstić information content (AvgIpc) is 2.61. The fraction of sp³-hybridized carbons (Fsp3) is 0.238. The fourth-order valence-corrected chi connectivity index (χ4v) is 2.70. The van der Waals surface area contributed by atoms with E-state index in [1.807, 2.05) is 12.1 Å². The first-order valence-electron chi connectivity index (χ1n) is 8.60. The van der Waals surface area contributed by atoms with Gasteiger partial charge in [-0.1, -0.05) is 55.6 Å². The Labute approximate surface area is 158 Å². The molecule has 0 saturated heterocycles. The number of rotatable bonds is 8. The number of carbonyl (C=O) groups is 2. The highest BCUT2D eigenvalue weighted by atomic mass is 35.5. The van der Waals surface area contributed by atoms with Crippen LogP contribution in [-0.4, -0.2) is 17.0 Å². The number of amides is 1. The largest absolute Gasteiger partial charge is 0.478 e. The molecule has 0 aliphatic rings. The van der Waals surface area contributed by atoms with E-state index >= 15 is 0 Å². The van der Waals surface area contributed by atoms with Crippen molar-refractivity contribution in [2.75, 3.05) is 5.32 Å². The third kappa shape index (κ3) is 6.05. The monoisotopic (exact) mass is 371 g/mol. The second-order valence-electron chi connectivity index (χ2n) is 6.02. The maximum Gasteiger partial charge on any atom is 0.337 e. The van der Waals surface area contributed by atoms with E-state index < -0.39 is 11.9 Å². The molecule has 0 heterocycles. The van der Waals surface area contributed by atoms with E-state index in [4.69, 9.17) is 16.7 Å². The van der Waals surface area contributed by atoms with Crippen molar-refractivity contribution in [2.24, 2.45) is 0 Å². The van der Waals surface area contributed by atoms with E-state index in [1.165, 1.54) is 49.1 Å². The highest BCUT2D eigenvalue weighted by molar-refractivity contribution is 6.31. The number of carboxylic acid groups (broad SMARTS) is 1. The maximum absolute atomic E-state index is 12.1. The number of hydrogen-bond donors (Lipinski definition) is 2. The molecule has 0 saturated carbocycles. The van der Waals surface area contributed by atoms with Gasteiger partial charge in [-0.3, -0.25) is 4.79 Å². The SMILES string of the molecule is CCCCCc1ccc(/C=C/C(=O)Nc2cc(Cl)ccc2C(=O)O)cc1. The van der Waals surface area contributed by atoms with Gasteiger partial charge >= 0.3 is 5.97 Å². The van der Waals surface area contributed by atoms with Crippen LogP contribution in [0.4, 0.5) is 5.69 Å². The number of aromatic carboxylic acids is 1. The molecule has 0 aromatic heterocycles. The predicted molar refractivity (Wildman–Crippen MR) is 106 cm³/mol. The summed E-state index contributed by atoms with van der Waals surface area (Å²) in [5, 5.41) is 12.1. The summed E-state index contributed by atoms with van der Waals surface area (Å²) >= 11 is 5.88.